The molecule has 5 nitrogen and oxygen atoms in total. The molecule has 5 heteroatoms. The van der Waals surface area contributed by atoms with Gasteiger partial charge in [0.2, 0.25) is 0 Å². The van der Waals surface area contributed by atoms with Gasteiger partial charge in [-0.15, -0.1) is 0 Å². The largest absolute Gasteiger partial charge is 0.480 e. The van der Waals surface area contributed by atoms with Gasteiger partial charge in [0, 0.05) is 12.0 Å². The van der Waals surface area contributed by atoms with Gasteiger partial charge < -0.3 is 15.6 Å². The topological polar surface area (TPSA) is 89.6 Å². The number of rotatable bonds is 4. The number of carboxylic acids is 1. The zero-order valence-corrected chi connectivity index (χ0v) is 14.4. The lowest BCUT2D eigenvalue weighted by atomic mass is 9.83. The van der Waals surface area contributed by atoms with Crippen LogP contribution in [0.25, 0.3) is 11.1 Å². The number of aliphatic carboxylic acids is 1. The van der Waals surface area contributed by atoms with E-state index >= 15 is 0 Å². The molecule has 0 aromatic heterocycles. The number of carbonyl (C=O) groups excluding carboxylic acids is 1. The summed E-state index contributed by atoms with van der Waals surface area (Å²) in [4.78, 5) is 24.5. The van der Waals surface area contributed by atoms with E-state index in [-0.39, 0.29) is 18.9 Å². The smallest absolute Gasteiger partial charge is 0.325 e. The maximum Gasteiger partial charge on any atom is 0.325 e. The van der Waals surface area contributed by atoms with Crippen LogP contribution in [0.3, 0.4) is 0 Å². The molecule has 3 N–H and O–H groups in total. The van der Waals surface area contributed by atoms with Gasteiger partial charge in [0.25, 0.3) is 0 Å². The normalized spacial score (nSPS) is 24.1. The Labute approximate surface area is 151 Å². The number of carboxylic acid groups (broad SMARTS) is 1. The Hall–Kier alpha value is -2.66. The first-order chi connectivity index (χ1) is 12.6. The zero-order chi connectivity index (χ0) is 18.3. The molecule has 0 amide bonds. The summed E-state index contributed by atoms with van der Waals surface area (Å²) in [7, 11) is 0. The van der Waals surface area contributed by atoms with E-state index in [4.69, 9.17) is 10.5 Å². The number of hydrogen-bond donors (Lipinski definition) is 2. The van der Waals surface area contributed by atoms with Gasteiger partial charge in [0.1, 0.15) is 6.61 Å². The summed E-state index contributed by atoms with van der Waals surface area (Å²) in [5.41, 5.74) is 8.82. The van der Waals surface area contributed by atoms with Crippen LogP contribution < -0.4 is 5.73 Å². The highest BCUT2D eigenvalue weighted by atomic mass is 16.5. The fourth-order valence-corrected chi connectivity index (χ4v) is 4.37. The zero-order valence-electron chi connectivity index (χ0n) is 14.4. The van der Waals surface area contributed by atoms with Crippen LogP contribution in [0.2, 0.25) is 0 Å². The second-order valence-corrected chi connectivity index (χ2v) is 7.10. The van der Waals surface area contributed by atoms with Gasteiger partial charge in [0.15, 0.2) is 5.41 Å². The van der Waals surface area contributed by atoms with Crippen LogP contribution in [0.15, 0.2) is 48.5 Å². The summed E-state index contributed by atoms with van der Waals surface area (Å²) >= 11 is 0. The van der Waals surface area contributed by atoms with Crippen molar-refractivity contribution >= 4 is 11.9 Å². The quantitative estimate of drug-likeness (QED) is 0.653. The standard InChI is InChI=1S/C21H21NO4/c22-18-10-5-11-21(18,19(23)24)20(25)26-12-17-15-8-3-1-6-13(15)14-7-2-4-9-16(14)17/h1-4,6-9,17-18H,5,10-12,22H2,(H,23,24)/t18-,21-/m0/s1. The minimum Gasteiger partial charge on any atom is -0.480 e. The number of ether oxygens (including phenoxy) is 1. The number of hydrogen-bond acceptors (Lipinski definition) is 4. The monoisotopic (exact) mass is 351 g/mol. The van der Waals surface area contributed by atoms with E-state index in [1.807, 2.05) is 36.4 Å². The van der Waals surface area contributed by atoms with Gasteiger partial charge >= 0.3 is 11.9 Å². The van der Waals surface area contributed by atoms with Crippen molar-refractivity contribution in [3.05, 3.63) is 59.7 Å². The Kier molecular flexibility index (Phi) is 4.04. The minimum atomic E-state index is -1.61. The van der Waals surface area contributed by atoms with Gasteiger partial charge in [-0.2, -0.15) is 0 Å². The highest BCUT2D eigenvalue weighted by Gasteiger charge is 2.55. The van der Waals surface area contributed by atoms with E-state index < -0.39 is 23.4 Å². The van der Waals surface area contributed by atoms with Gasteiger partial charge in [0.05, 0.1) is 0 Å². The molecular weight excluding hydrogens is 330 g/mol. The Morgan fingerprint density at radius 3 is 2.15 bits per heavy atom. The summed E-state index contributed by atoms with van der Waals surface area (Å²) in [6.45, 7) is 0.120. The SMILES string of the molecule is N[C@H]1CCC[C@]1(C(=O)O)C(=O)OCC1c2ccccc2-c2ccccc21. The molecule has 2 atom stereocenters. The summed E-state index contributed by atoms with van der Waals surface area (Å²) in [5, 5.41) is 9.63. The number of fused-ring (bicyclic) bond motifs is 3. The van der Waals surface area contributed by atoms with Crippen LogP contribution >= 0.6 is 0 Å². The van der Waals surface area contributed by atoms with Gasteiger partial charge in [-0.3, -0.25) is 9.59 Å². The number of esters is 1. The first kappa shape index (κ1) is 16.8. The molecule has 2 aromatic rings. The van der Waals surface area contributed by atoms with E-state index in [0.717, 1.165) is 22.3 Å². The Balaban J connectivity index is 1.60. The number of benzene rings is 2. The molecule has 1 fully saturated rings. The molecule has 0 bridgehead atoms. The van der Waals surface area contributed by atoms with Crippen LogP contribution in [-0.4, -0.2) is 29.7 Å². The summed E-state index contributed by atoms with van der Waals surface area (Å²) in [6.07, 6.45) is 1.38. The van der Waals surface area contributed by atoms with E-state index in [0.29, 0.717) is 12.8 Å². The van der Waals surface area contributed by atoms with Crippen LogP contribution in [0.4, 0.5) is 0 Å². The maximum atomic E-state index is 12.7. The third-order valence-corrected chi connectivity index (χ3v) is 5.81. The van der Waals surface area contributed by atoms with E-state index in [1.165, 1.54) is 0 Å². The average molecular weight is 351 g/mol. The number of carbonyl (C=O) groups is 2. The Morgan fingerprint density at radius 2 is 1.65 bits per heavy atom. The van der Waals surface area contributed by atoms with Crippen molar-refractivity contribution in [1.82, 2.24) is 0 Å². The molecule has 1 saturated carbocycles. The lowest BCUT2D eigenvalue weighted by Crippen LogP contribution is -2.50. The van der Waals surface area contributed by atoms with E-state index in [9.17, 15) is 14.7 Å². The lowest BCUT2D eigenvalue weighted by Gasteiger charge is -2.27. The van der Waals surface area contributed by atoms with Crippen molar-refractivity contribution in [2.24, 2.45) is 11.1 Å². The summed E-state index contributed by atoms with van der Waals surface area (Å²) in [6, 6.07) is 15.4. The Bertz CT molecular complexity index is 832. The van der Waals surface area contributed by atoms with Crippen molar-refractivity contribution in [2.75, 3.05) is 6.61 Å². The first-order valence-electron chi connectivity index (χ1n) is 8.90. The van der Waals surface area contributed by atoms with E-state index in [1.54, 1.807) is 0 Å². The molecule has 4 rings (SSSR count). The summed E-state index contributed by atoms with van der Waals surface area (Å²) < 4.78 is 5.56. The van der Waals surface area contributed by atoms with Crippen LogP contribution in [0, 0.1) is 5.41 Å². The van der Waals surface area contributed by atoms with Gasteiger partial charge in [-0.25, -0.2) is 0 Å². The summed E-state index contributed by atoms with van der Waals surface area (Å²) in [5.74, 6) is -1.98. The van der Waals surface area contributed by atoms with Gasteiger partial charge in [-0.1, -0.05) is 55.0 Å². The minimum absolute atomic E-state index is 0.0881. The van der Waals surface area contributed by atoms with Crippen molar-refractivity contribution in [2.45, 2.75) is 31.2 Å². The molecule has 0 heterocycles. The predicted molar refractivity (Wildman–Crippen MR) is 96.6 cm³/mol. The second-order valence-electron chi connectivity index (χ2n) is 7.10. The molecule has 2 aliphatic carbocycles. The lowest BCUT2D eigenvalue weighted by molar-refractivity contribution is -0.169. The highest BCUT2D eigenvalue weighted by Crippen LogP contribution is 2.45. The highest BCUT2D eigenvalue weighted by molar-refractivity contribution is 6.00. The van der Waals surface area contributed by atoms with Crippen LogP contribution in [0.5, 0.6) is 0 Å². The van der Waals surface area contributed by atoms with Crippen molar-refractivity contribution < 1.29 is 19.4 Å². The molecule has 0 saturated heterocycles. The molecule has 2 aliphatic rings. The molecule has 26 heavy (non-hydrogen) atoms. The van der Waals surface area contributed by atoms with Crippen molar-refractivity contribution in [1.29, 1.82) is 0 Å². The average Bonchev–Trinajstić information content (AvgIpc) is 3.19. The third kappa shape index (κ3) is 2.35. The molecule has 2 aromatic carbocycles. The first-order valence-corrected chi connectivity index (χ1v) is 8.90. The molecule has 0 aliphatic heterocycles. The van der Waals surface area contributed by atoms with Crippen molar-refractivity contribution in [3.63, 3.8) is 0 Å². The molecular formula is C21H21NO4. The number of nitrogens with two attached hydrogens (primary N) is 1. The predicted octanol–water partition coefficient (Wildman–Crippen LogP) is 2.92. The van der Waals surface area contributed by atoms with E-state index in [2.05, 4.69) is 12.1 Å². The fraction of sp³-hybridized carbons (Fsp3) is 0.333. The maximum absolute atomic E-state index is 12.7. The molecule has 134 valence electrons. The molecule has 0 radical (unpaired) electrons. The van der Waals surface area contributed by atoms with Gasteiger partial charge in [-0.05, 0) is 35.1 Å². The van der Waals surface area contributed by atoms with Crippen LogP contribution in [-0.2, 0) is 14.3 Å². The van der Waals surface area contributed by atoms with Crippen LogP contribution in [0.1, 0.15) is 36.3 Å². The second kappa shape index (κ2) is 6.25. The fourth-order valence-electron chi connectivity index (χ4n) is 4.37. The third-order valence-electron chi connectivity index (χ3n) is 5.81. The molecule has 0 spiro atoms. The van der Waals surface area contributed by atoms with Crippen molar-refractivity contribution in [3.8, 4) is 11.1 Å². The molecule has 0 unspecified atom stereocenters. The Morgan fingerprint density at radius 1 is 1.08 bits per heavy atom.